The molecule has 1 aromatic carbocycles. The van der Waals surface area contributed by atoms with Gasteiger partial charge in [-0.3, -0.25) is 0 Å². The lowest BCUT2D eigenvalue weighted by Crippen LogP contribution is -2.28. The molecule has 0 spiro atoms. The van der Waals surface area contributed by atoms with Crippen LogP contribution in [0.2, 0.25) is 0 Å². The van der Waals surface area contributed by atoms with Crippen LogP contribution in [-0.2, 0) is 17.9 Å². The van der Waals surface area contributed by atoms with Gasteiger partial charge >= 0.3 is 6.18 Å². The predicted octanol–water partition coefficient (Wildman–Crippen LogP) is 4.23. The van der Waals surface area contributed by atoms with Crippen LogP contribution in [0, 0.1) is 5.82 Å². The van der Waals surface area contributed by atoms with Crippen LogP contribution in [0.1, 0.15) is 17.4 Å². The zero-order chi connectivity index (χ0) is 15.6. The molecule has 116 valence electrons. The summed E-state index contributed by atoms with van der Waals surface area (Å²) in [7, 11) is 1.73. The standard InChI is InChI=1S/C14H15F4NOS/c1-8(14(16,17)18)20-7-9-12(6-19-2)21-11-5-3-4-10(15)13(9)11/h3-5,8,19H,6-7H2,1-2H3. The van der Waals surface area contributed by atoms with Gasteiger partial charge in [0.2, 0.25) is 0 Å². The summed E-state index contributed by atoms with van der Waals surface area (Å²) in [5.74, 6) is -0.440. The Hall–Kier alpha value is -1.18. The Morgan fingerprint density at radius 2 is 2.05 bits per heavy atom. The zero-order valence-corrected chi connectivity index (χ0v) is 12.4. The zero-order valence-electron chi connectivity index (χ0n) is 11.6. The number of hydrogen-bond donors (Lipinski definition) is 1. The van der Waals surface area contributed by atoms with Crippen molar-refractivity contribution in [2.45, 2.75) is 32.4 Å². The molecule has 1 unspecified atom stereocenters. The number of ether oxygens (including phenoxy) is 1. The van der Waals surface area contributed by atoms with E-state index in [9.17, 15) is 17.6 Å². The van der Waals surface area contributed by atoms with Gasteiger partial charge in [0.15, 0.2) is 6.10 Å². The summed E-state index contributed by atoms with van der Waals surface area (Å²) in [6.07, 6.45) is -6.31. The highest BCUT2D eigenvalue weighted by molar-refractivity contribution is 7.19. The summed E-state index contributed by atoms with van der Waals surface area (Å²) in [5.41, 5.74) is 0.485. The van der Waals surface area contributed by atoms with E-state index in [1.807, 2.05) is 0 Å². The molecule has 0 aliphatic heterocycles. The number of hydrogen-bond acceptors (Lipinski definition) is 3. The molecule has 1 heterocycles. The molecule has 0 aliphatic rings. The Bertz CT molecular complexity index is 623. The van der Waals surface area contributed by atoms with Crippen LogP contribution in [0.25, 0.3) is 10.1 Å². The van der Waals surface area contributed by atoms with E-state index in [4.69, 9.17) is 4.74 Å². The van der Waals surface area contributed by atoms with Crippen LogP contribution in [-0.4, -0.2) is 19.3 Å². The van der Waals surface area contributed by atoms with Crippen molar-refractivity contribution in [3.05, 3.63) is 34.5 Å². The lowest BCUT2D eigenvalue weighted by Gasteiger charge is -2.16. The minimum absolute atomic E-state index is 0.265. The molecule has 0 bridgehead atoms. The molecule has 2 aromatic rings. The molecule has 21 heavy (non-hydrogen) atoms. The molecule has 0 fully saturated rings. The second-order valence-electron chi connectivity index (χ2n) is 4.64. The molecule has 0 saturated heterocycles. The van der Waals surface area contributed by atoms with Gasteiger partial charge in [-0.25, -0.2) is 4.39 Å². The van der Waals surface area contributed by atoms with Crippen molar-refractivity contribution in [3.8, 4) is 0 Å². The Morgan fingerprint density at radius 3 is 2.67 bits per heavy atom. The Kier molecular flexibility index (Phi) is 4.85. The van der Waals surface area contributed by atoms with Gasteiger partial charge in [-0.05, 0) is 26.1 Å². The third-order valence-corrected chi connectivity index (χ3v) is 4.32. The van der Waals surface area contributed by atoms with Crippen LogP contribution in [0.5, 0.6) is 0 Å². The van der Waals surface area contributed by atoms with Crippen molar-refractivity contribution >= 4 is 21.4 Å². The number of nitrogens with one attached hydrogen (secondary N) is 1. The first-order valence-electron chi connectivity index (χ1n) is 6.36. The van der Waals surface area contributed by atoms with Crippen molar-refractivity contribution in [2.75, 3.05) is 7.05 Å². The van der Waals surface area contributed by atoms with Crippen molar-refractivity contribution in [2.24, 2.45) is 0 Å². The molecule has 2 nitrogen and oxygen atoms in total. The third kappa shape index (κ3) is 3.53. The van der Waals surface area contributed by atoms with Crippen molar-refractivity contribution < 1.29 is 22.3 Å². The summed E-state index contributed by atoms with van der Waals surface area (Å²) >= 11 is 1.36. The lowest BCUT2D eigenvalue weighted by atomic mass is 10.1. The van der Waals surface area contributed by atoms with Crippen LogP contribution in [0.4, 0.5) is 17.6 Å². The van der Waals surface area contributed by atoms with Gasteiger partial charge in [0.1, 0.15) is 5.82 Å². The number of thiophene rings is 1. The number of alkyl halides is 3. The second kappa shape index (κ2) is 6.29. The number of rotatable bonds is 5. The van der Waals surface area contributed by atoms with Gasteiger partial charge in [0.05, 0.1) is 6.61 Å². The monoisotopic (exact) mass is 321 g/mol. The maximum atomic E-state index is 14.0. The highest BCUT2D eigenvalue weighted by Crippen LogP contribution is 2.34. The molecule has 2 rings (SSSR count). The van der Waals surface area contributed by atoms with Crippen LogP contribution in [0.3, 0.4) is 0 Å². The Balaban J connectivity index is 2.34. The minimum atomic E-state index is -4.42. The fraction of sp³-hybridized carbons (Fsp3) is 0.429. The maximum absolute atomic E-state index is 14.0. The molecular weight excluding hydrogens is 306 g/mol. The summed E-state index contributed by atoms with van der Waals surface area (Å²) in [5, 5.41) is 3.28. The lowest BCUT2D eigenvalue weighted by molar-refractivity contribution is -0.217. The minimum Gasteiger partial charge on any atom is -0.364 e. The average molecular weight is 321 g/mol. The normalized spacial score (nSPS) is 13.8. The number of halogens is 4. The van der Waals surface area contributed by atoms with Gasteiger partial charge in [-0.2, -0.15) is 13.2 Å². The smallest absolute Gasteiger partial charge is 0.364 e. The van der Waals surface area contributed by atoms with Gasteiger partial charge in [0.25, 0.3) is 0 Å². The summed E-state index contributed by atoms with van der Waals surface area (Å²) in [6.45, 7) is 1.14. The molecule has 0 amide bonds. The molecule has 0 aliphatic carbocycles. The number of fused-ring (bicyclic) bond motifs is 1. The average Bonchev–Trinajstić information content (AvgIpc) is 2.74. The molecule has 0 radical (unpaired) electrons. The highest BCUT2D eigenvalue weighted by Gasteiger charge is 2.37. The van der Waals surface area contributed by atoms with E-state index in [0.717, 1.165) is 11.8 Å². The molecule has 1 atom stereocenters. The quantitative estimate of drug-likeness (QED) is 0.832. The predicted molar refractivity (Wildman–Crippen MR) is 74.9 cm³/mol. The van der Waals surface area contributed by atoms with E-state index >= 15 is 0 Å². The van der Waals surface area contributed by atoms with Crippen molar-refractivity contribution in [1.29, 1.82) is 0 Å². The van der Waals surface area contributed by atoms with E-state index < -0.39 is 18.1 Å². The first-order valence-corrected chi connectivity index (χ1v) is 7.18. The van der Waals surface area contributed by atoms with Crippen LogP contribution >= 0.6 is 11.3 Å². The van der Waals surface area contributed by atoms with Gasteiger partial charge < -0.3 is 10.1 Å². The van der Waals surface area contributed by atoms with Gasteiger partial charge in [-0.15, -0.1) is 11.3 Å². The SMILES string of the molecule is CNCc1sc2cccc(F)c2c1COC(C)C(F)(F)F. The first kappa shape index (κ1) is 16.2. The largest absolute Gasteiger partial charge is 0.414 e. The van der Waals surface area contributed by atoms with Gasteiger partial charge in [0, 0.05) is 27.1 Å². The maximum Gasteiger partial charge on any atom is 0.414 e. The second-order valence-corrected chi connectivity index (χ2v) is 5.78. The number of benzene rings is 1. The molecule has 0 saturated carbocycles. The van der Waals surface area contributed by atoms with E-state index in [2.05, 4.69) is 5.32 Å². The van der Waals surface area contributed by atoms with Crippen LogP contribution in [0.15, 0.2) is 18.2 Å². The van der Waals surface area contributed by atoms with E-state index in [-0.39, 0.29) is 6.61 Å². The summed E-state index contributed by atoms with van der Waals surface area (Å²) in [6, 6.07) is 4.63. The van der Waals surface area contributed by atoms with E-state index in [1.54, 1.807) is 19.2 Å². The van der Waals surface area contributed by atoms with Gasteiger partial charge in [-0.1, -0.05) is 6.07 Å². The highest BCUT2D eigenvalue weighted by atomic mass is 32.1. The topological polar surface area (TPSA) is 21.3 Å². The molecule has 7 heteroatoms. The van der Waals surface area contributed by atoms with E-state index in [1.165, 1.54) is 17.4 Å². The first-order chi connectivity index (χ1) is 9.84. The van der Waals surface area contributed by atoms with Crippen molar-refractivity contribution in [3.63, 3.8) is 0 Å². The molecule has 1 aromatic heterocycles. The Morgan fingerprint density at radius 1 is 1.33 bits per heavy atom. The molecular formula is C14H15F4NOS. The fourth-order valence-electron chi connectivity index (χ4n) is 1.97. The Labute approximate surface area is 123 Å². The molecule has 1 N–H and O–H groups in total. The van der Waals surface area contributed by atoms with Crippen molar-refractivity contribution in [1.82, 2.24) is 5.32 Å². The summed E-state index contributed by atoms with van der Waals surface area (Å²) < 4.78 is 57.1. The van der Waals surface area contributed by atoms with Crippen LogP contribution < -0.4 is 5.32 Å². The fourth-order valence-corrected chi connectivity index (χ4v) is 3.21. The summed E-state index contributed by atoms with van der Waals surface area (Å²) in [4.78, 5) is 0.784. The third-order valence-electron chi connectivity index (χ3n) is 3.12. The van der Waals surface area contributed by atoms with E-state index in [0.29, 0.717) is 22.2 Å².